The van der Waals surface area contributed by atoms with Gasteiger partial charge in [0.2, 0.25) is 15.9 Å². The Morgan fingerprint density at radius 2 is 1.68 bits per heavy atom. The molecular weight excluding hydrogens is 617 g/mol. The molecule has 0 aliphatic rings. The zero-order valence-corrected chi connectivity index (χ0v) is 25.8. The minimum atomic E-state index is -4.61. The number of carbonyl (C=O) groups is 2. The van der Waals surface area contributed by atoms with Crippen LogP contribution in [0.25, 0.3) is 5.69 Å². The van der Waals surface area contributed by atoms with E-state index in [0.29, 0.717) is 5.69 Å². The first-order chi connectivity index (χ1) is 20.7. The van der Waals surface area contributed by atoms with Gasteiger partial charge in [0.05, 0.1) is 28.4 Å². The SMILES string of the molecule is Cc1ccc(C)c(NC(=O)CSc2nnc(CNC(=O)c3ccc(S(=O)(=O)N(C)C)cc3)n2-c2cccc(C(F)(F)F)c2)c1. The third-order valence-corrected chi connectivity index (χ3v) is 9.19. The number of halogens is 3. The summed E-state index contributed by atoms with van der Waals surface area (Å²) in [5.74, 6) is -0.919. The van der Waals surface area contributed by atoms with Gasteiger partial charge in [-0.15, -0.1) is 10.2 Å². The molecular formula is C29H29F3N6O4S2. The molecule has 4 rings (SSSR count). The second kappa shape index (κ2) is 13.2. The molecule has 0 spiro atoms. The third kappa shape index (κ3) is 7.65. The number of aryl methyl sites for hydroxylation is 2. The number of alkyl halides is 3. The zero-order valence-electron chi connectivity index (χ0n) is 24.1. The molecule has 0 bridgehead atoms. The summed E-state index contributed by atoms with van der Waals surface area (Å²) in [7, 11) is -0.908. The molecule has 0 unspecified atom stereocenters. The van der Waals surface area contributed by atoms with Gasteiger partial charge in [0, 0.05) is 25.3 Å². The number of anilines is 1. The van der Waals surface area contributed by atoms with Crippen LogP contribution in [0.2, 0.25) is 0 Å². The van der Waals surface area contributed by atoms with Crippen LogP contribution in [0.5, 0.6) is 0 Å². The van der Waals surface area contributed by atoms with Gasteiger partial charge < -0.3 is 10.6 Å². The van der Waals surface area contributed by atoms with Gasteiger partial charge in [-0.25, -0.2) is 12.7 Å². The highest BCUT2D eigenvalue weighted by Gasteiger charge is 2.31. The summed E-state index contributed by atoms with van der Waals surface area (Å²) in [5.41, 5.74) is 1.83. The van der Waals surface area contributed by atoms with Gasteiger partial charge in [0.1, 0.15) is 0 Å². The number of amides is 2. The second-order valence-electron chi connectivity index (χ2n) is 9.93. The van der Waals surface area contributed by atoms with Crippen molar-refractivity contribution in [1.29, 1.82) is 0 Å². The molecule has 1 heterocycles. The lowest BCUT2D eigenvalue weighted by Crippen LogP contribution is -2.25. The van der Waals surface area contributed by atoms with Crippen molar-refractivity contribution in [2.75, 3.05) is 25.2 Å². The van der Waals surface area contributed by atoms with Crippen molar-refractivity contribution >= 4 is 39.3 Å². The number of thioether (sulfide) groups is 1. The highest BCUT2D eigenvalue weighted by Crippen LogP contribution is 2.32. The molecule has 3 aromatic carbocycles. The summed E-state index contributed by atoms with van der Waals surface area (Å²) in [6, 6.07) is 15.5. The standard InChI is InChI=1S/C29H29F3N6O4S2/c1-18-8-9-19(2)24(14-18)34-26(39)17-43-28-36-35-25(38(28)22-7-5-6-21(15-22)29(30,31)32)16-33-27(40)20-10-12-23(13-11-20)44(41,42)37(3)4/h5-15H,16-17H2,1-4H3,(H,33,40)(H,34,39). The Morgan fingerprint density at radius 3 is 2.34 bits per heavy atom. The maximum Gasteiger partial charge on any atom is 0.416 e. The molecule has 0 saturated carbocycles. The summed E-state index contributed by atoms with van der Waals surface area (Å²) >= 11 is 0.973. The number of sulfonamides is 1. The monoisotopic (exact) mass is 646 g/mol. The van der Waals surface area contributed by atoms with E-state index in [1.165, 1.54) is 55.1 Å². The van der Waals surface area contributed by atoms with Crippen LogP contribution in [0.4, 0.5) is 18.9 Å². The average molecular weight is 647 g/mol. The minimum absolute atomic E-state index is 0.00611. The van der Waals surface area contributed by atoms with E-state index in [1.54, 1.807) is 0 Å². The fourth-order valence-corrected chi connectivity index (χ4v) is 5.70. The summed E-state index contributed by atoms with van der Waals surface area (Å²) < 4.78 is 67.6. The van der Waals surface area contributed by atoms with E-state index in [9.17, 15) is 31.2 Å². The average Bonchev–Trinajstić information content (AvgIpc) is 3.39. The van der Waals surface area contributed by atoms with E-state index in [-0.39, 0.29) is 45.3 Å². The molecule has 2 N–H and O–H groups in total. The third-order valence-electron chi connectivity index (χ3n) is 6.43. The van der Waals surface area contributed by atoms with Crippen molar-refractivity contribution in [1.82, 2.24) is 24.4 Å². The van der Waals surface area contributed by atoms with E-state index >= 15 is 0 Å². The smallest absolute Gasteiger partial charge is 0.345 e. The number of hydrogen-bond donors (Lipinski definition) is 2. The molecule has 1 aromatic heterocycles. The Kier molecular flexibility index (Phi) is 9.81. The van der Waals surface area contributed by atoms with Crippen LogP contribution < -0.4 is 10.6 Å². The number of hydrogen-bond acceptors (Lipinski definition) is 7. The maximum absolute atomic E-state index is 13.5. The normalized spacial score (nSPS) is 11.9. The highest BCUT2D eigenvalue weighted by atomic mass is 32.2. The molecule has 2 amide bonds. The van der Waals surface area contributed by atoms with E-state index in [4.69, 9.17) is 0 Å². The van der Waals surface area contributed by atoms with Crippen molar-refractivity contribution < 1.29 is 31.2 Å². The Labute approximate surface area is 256 Å². The lowest BCUT2D eigenvalue weighted by Gasteiger charge is -2.14. The maximum atomic E-state index is 13.5. The van der Waals surface area contributed by atoms with Crippen molar-refractivity contribution in [3.63, 3.8) is 0 Å². The number of rotatable bonds is 10. The van der Waals surface area contributed by atoms with Gasteiger partial charge in [-0.1, -0.05) is 30.0 Å². The van der Waals surface area contributed by atoms with Gasteiger partial charge >= 0.3 is 6.18 Å². The molecule has 0 radical (unpaired) electrons. The fourth-order valence-electron chi connectivity index (χ4n) is 4.03. The van der Waals surface area contributed by atoms with Crippen LogP contribution in [0.15, 0.2) is 76.8 Å². The van der Waals surface area contributed by atoms with Gasteiger partial charge in [-0.05, 0) is 73.5 Å². The van der Waals surface area contributed by atoms with Gasteiger partial charge in [-0.3, -0.25) is 14.2 Å². The molecule has 44 heavy (non-hydrogen) atoms. The van der Waals surface area contributed by atoms with E-state index < -0.39 is 27.7 Å². The zero-order chi connectivity index (χ0) is 32.2. The molecule has 0 atom stereocenters. The molecule has 0 aliphatic carbocycles. The van der Waals surface area contributed by atoms with Crippen molar-refractivity contribution in [2.24, 2.45) is 0 Å². The molecule has 0 saturated heterocycles. The van der Waals surface area contributed by atoms with Gasteiger partial charge in [-0.2, -0.15) is 13.2 Å². The van der Waals surface area contributed by atoms with Crippen LogP contribution >= 0.6 is 11.8 Å². The highest BCUT2D eigenvalue weighted by molar-refractivity contribution is 7.99. The van der Waals surface area contributed by atoms with Crippen LogP contribution in [0.3, 0.4) is 0 Å². The number of benzene rings is 3. The molecule has 232 valence electrons. The predicted molar refractivity (Wildman–Crippen MR) is 160 cm³/mol. The quantitative estimate of drug-likeness (QED) is 0.237. The second-order valence-corrected chi connectivity index (χ2v) is 13.0. The van der Waals surface area contributed by atoms with Crippen molar-refractivity contribution in [2.45, 2.75) is 36.6 Å². The summed E-state index contributed by atoms with van der Waals surface area (Å²) in [6.45, 7) is 3.52. The summed E-state index contributed by atoms with van der Waals surface area (Å²) in [4.78, 5) is 25.6. The van der Waals surface area contributed by atoms with E-state index in [0.717, 1.165) is 39.3 Å². The Balaban J connectivity index is 1.56. The molecule has 0 aliphatic heterocycles. The lowest BCUT2D eigenvalue weighted by atomic mass is 10.1. The first kappa shape index (κ1) is 32.7. The largest absolute Gasteiger partial charge is 0.416 e. The topological polar surface area (TPSA) is 126 Å². The first-order valence-corrected chi connectivity index (χ1v) is 15.5. The van der Waals surface area contributed by atoms with Crippen LogP contribution in [-0.2, 0) is 27.5 Å². The van der Waals surface area contributed by atoms with E-state index in [1.807, 2.05) is 32.0 Å². The number of aromatic nitrogens is 3. The Bertz CT molecular complexity index is 1790. The van der Waals surface area contributed by atoms with Crippen LogP contribution in [0.1, 0.15) is 32.9 Å². The summed E-state index contributed by atoms with van der Waals surface area (Å²) in [5, 5.41) is 13.8. The van der Waals surface area contributed by atoms with Gasteiger partial charge in [0.15, 0.2) is 11.0 Å². The molecule has 10 nitrogen and oxygen atoms in total. The van der Waals surface area contributed by atoms with Crippen molar-refractivity contribution in [3.8, 4) is 5.69 Å². The minimum Gasteiger partial charge on any atom is -0.345 e. The predicted octanol–water partition coefficient (Wildman–Crippen LogP) is 4.81. The number of nitrogens with one attached hydrogen (secondary N) is 2. The van der Waals surface area contributed by atoms with Crippen LogP contribution in [0, 0.1) is 13.8 Å². The Hall–Kier alpha value is -4.21. The fraction of sp³-hybridized carbons (Fsp3) is 0.241. The Morgan fingerprint density at radius 1 is 0.977 bits per heavy atom. The summed E-state index contributed by atoms with van der Waals surface area (Å²) in [6.07, 6.45) is -4.61. The number of nitrogens with zero attached hydrogens (tertiary/aromatic N) is 4. The lowest BCUT2D eigenvalue weighted by molar-refractivity contribution is -0.137. The van der Waals surface area contributed by atoms with Gasteiger partial charge in [0.25, 0.3) is 5.91 Å². The molecule has 0 fully saturated rings. The van der Waals surface area contributed by atoms with Crippen molar-refractivity contribution in [3.05, 3.63) is 94.8 Å². The molecule has 15 heteroatoms. The van der Waals surface area contributed by atoms with E-state index in [2.05, 4.69) is 20.8 Å². The molecule has 4 aromatic rings. The number of carbonyl (C=O) groups excluding carboxylic acids is 2. The van der Waals surface area contributed by atoms with Crippen LogP contribution in [-0.4, -0.2) is 59.2 Å². The first-order valence-electron chi connectivity index (χ1n) is 13.1.